The molecular formula is C22H28N2O2. The molecule has 2 aromatic rings. The predicted octanol–water partition coefficient (Wildman–Crippen LogP) is 2.98. The van der Waals surface area contributed by atoms with Crippen molar-refractivity contribution in [3.8, 4) is 0 Å². The van der Waals surface area contributed by atoms with E-state index in [0.29, 0.717) is 5.56 Å². The van der Waals surface area contributed by atoms with Crippen LogP contribution in [0.3, 0.4) is 0 Å². The summed E-state index contributed by atoms with van der Waals surface area (Å²) in [5.74, 6) is 0.128. The lowest BCUT2D eigenvalue weighted by Crippen LogP contribution is -2.57. The Labute approximate surface area is 156 Å². The molecule has 4 heteroatoms. The van der Waals surface area contributed by atoms with E-state index in [1.165, 1.54) is 0 Å². The number of carbonyl (C=O) groups is 1. The van der Waals surface area contributed by atoms with Crippen molar-refractivity contribution in [1.29, 1.82) is 0 Å². The van der Waals surface area contributed by atoms with E-state index in [4.69, 9.17) is 0 Å². The van der Waals surface area contributed by atoms with Crippen LogP contribution in [0.4, 0.5) is 0 Å². The molecule has 1 heterocycles. The fourth-order valence-corrected chi connectivity index (χ4v) is 3.51. The van der Waals surface area contributed by atoms with Crippen molar-refractivity contribution in [3.63, 3.8) is 0 Å². The smallest absolute Gasteiger partial charge is 0.182 e. The molecule has 2 aromatic carbocycles. The van der Waals surface area contributed by atoms with Crippen molar-refractivity contribution in [1.82, 2.24) is 9.80 Å². The summed E-state index contributed by atoms with van der Waals surface area (Å²) in [4.78, 5) is 17.6. The van der Waals surface area contributed by atoms with Crippen LogP contribution in [0.1, 0.15) is 41.4 Å². The number of nitrogens with zero attached hydrogens (tertiary/aromatic N) is 2. The Kier molecular flexibility index (Phi) is 5.56. The monoisotopic (exact) mass is 352 g/mol. The molecular weight excluding hydrogens is 324 g/mol. The first-order chi connectivity index (χ1) is 12.4. The van der Waals surface area contributed by atoms with Gasteiger partial charge in [-0.2, -0.15) is 0 Å². The summed E-state index contributed by atoms with van der Waals surface area (Å²) in [7, 11) is 2.11. The van der Waals surface area contributed by atoms with Gasteiger partial charge in [0.05, 0.1) is 5.54 Å². The number of hydrogen-bond acceptors (Lipinski definition) is 4. The molecule has 138 valence electrons. The first-order valence-electron chi connectivity index (χ1n) is 9.21. The van der Waals surface area contributed by atoms with E-state index < -0.39 is 11.6 Å². The molecule has 0 aliphatic carbocycles. The van der Waals surface area contributed by atoms with E-state index in [1.807, 2.05) is 68.4 Å². The highest BCUT2D eigenvalue weighted by Crippen LogP contribution is 2.25. The average Bonchev–Trinajstić information content (AvgIpc) is 2.68. The second-order valence-electron chi connectivity index (χ2n) is 7.61. The molecule has 0 aromatic heterocycles. The molecule has 1 fully saturated rings. The van der Waals surface area contributed by atoms with Crippen LogP contribution in [0.15, 0.2) is 54.6 Å². The second-order valence-corrected chi connectivity index (χ2v) is 7.61. The average molecular weight is 352 g/mol. The first kappa shape index (κ1) is 18.8. The first-order valence-corrected chi connectivity index (χ1v) is 9.21. The lowest BCUT2D eigenvalue weighted by molar-refractivity contribution is 0.0463. The van der Waals surface area contributed by atoms with E-state index in [-0.39, 0.29) is 5.78 Å². The van der Waals surface area contributed by atoms with Crippen molar-refractivity contribution >= 4 is 5.78 Å². The summed E-state index contributed by atoms with van der Waals surface area (Å²) >= 11 is 0. The van der Waals surface area contributed by atoms with Gasteiger partial charge in [-0.05, 0) is 32.0 Å². The number of rotatable bonds is 5. The summed E-state index contributed by atoms with van der Waals surface area (Å²) in [5, 5.41) is 10.5. The van der Waals surface area contributed by atoms with Crippen LogP contribution in [-0.2, 0) is 0 Å². The predicted molar refractivity (Wildman–Crippen MR) is 104 cm³/mol. The SMILES string of the molecule is CN1CCN(C(C)(C)C(=O)c2ccc(C(O)c3ccccc3)cc2)CC1. The Hall–Kier alpha value is -2.01. The fourth-order valence-electron chi connectivity index (χ4n) is 3.51. The number of likely N-dealkylation sites (N-methyl/N-ethyl adjacent to an activating group) is 1. The Morgan fingerprint density at radius 3 is 2.04 bits per heavy atom. The maximum atomic E-state index is 13.1. The molecule has 1 saturated heterocycles. The van der Waals surface area contributed by atoms with Crippen molar-refractivity contribution in [2.45, 2.75) is 25.5 Å². The summed E-state index contributed by atoms with van der Waals surface area (Å²) in [6, 6.07) is 16.9. The summed E-state index contributed by atoms with van der Waals surface area (Å²) in [6.45, 7) is 7.79. The van der Waals surface area contributed by atoms with Crippen LogP contribution in [0.5, 0.6) is 0 Å². The Morgan fingerprint density at radius 1 is 0.923 bits per heavy atom. The summed E-state index contributed by atoms with van der Waals surface area (Å²) < 4.78 is 0. The number of benzene rings is 2. The third kappa shape index (κ3) is 3.88. The zero-order valence-electron chi connectivity index (χ0n) is 15.9. The number of ketones is 1. The number of carbonyl (C=O) groups excluding carboxylic acids is 1. The standard InChI is InChI=1S/C22H28N2O2/c1-22(2,24-15-13-23(3)14-16-24)21(26)19-11-9-18(10-12-19)20(25)17-7-5-4-6-8-17/h4-12,20,25H,13-16H2,1-3H3. The van der Waals surface area contributed by atoms with Crippen LogP contribution in [0.25, 0.3) is 0 Å². The van der Waals surface area contributed by atoms with Crippen molar-refractivity contribution in [2.75, 3.05) is 33.2 Å². The third-order valence-corrected chi connectivity index (χ3v) is 5.45. The minimum atomic E-state index is -0.675. The molecule has 0 amide bonds. The van der Waals surface area contributed by atoms with Gasteiger partial charge >= 0.3 is 0 Å². The van der Waals surface area contributed by atoms with Gasteiger partial charge in [0.1, 0.15) is 6.10 Å². The van der Waals surface area contributed by atoms with Crippen LogP contribution in [0, 0.1) is 0 Å². The van der Waals surface area contributed by atoms with Crippen LogP contribution >= 0.6 is 0 Å². The summed E-state index contributed by atoms with van der Waals surface area (Å²) in [5.41, 5.74) is 1.81. The lowest BCUT2D eigenvalue weighted by atomic mass is 9.89. The number of piperazine rings is 1. The lowest BCUT2D eigenvalue weighted by Gasteiger charge is -2.42. The zero-order valence-corrected chi connectivity index (χ0v) is 15.9. The quantitative estimate of drug-likeness (QED) is 0.840. The van der Waals surface area contributed by atoms with Gasteiger partial charge in [-0.1, -0.05) is 54.6 Å². The maximum Gasteiger partial charge on any atom is 0.182 e. The summed E-state index contributed by atoms with van der Waals surface area (Å²) in [6.07, 6.45) is -0.675. The van der Waals surface area contributed by atoms with Crippen molar-refractivity contribution in [2.24, 2.45) is 0 Å². The molecule has 1 atom stereocenters. The molecule has 1 aliphatic rings. The molecule has 0 radical (unpaired) electrons. The molecule has 26 heavy (non-hydrogen) atoms. The highest BCUT2D eigenvalue weighted by atomic mass is 16.3. The molecule has 4 nitrogen and oxygen atoms in total. The van der Waals surface area contributed by atoms with Gasteiger partial charge in [0, 0.05) is 31.7 Å². The fraction of sp³-hybridized carbons (Fsp3) is 0.409. The Morgan fingerprint density at radius 2 is 1.46 bits per heavy atom. The molecule has 1 aliphatic heterocycles. The number of aliphatic hydroxyl groups excluding tert-OH is 1. The molecule has 0 bridgehead atoms. The van der Waals surface area contributed by atoms with E-state index >= 15 is 0 Å². The van der Waals surface area contributed by atoms with Gasteiger partial charge in [0.25, 0.3) is 0 Å². The molecule has 1 N–H and O–H groups in total. The number of aliphatic hydroxyl groups is 1. The minimum Gasteiger partial charge on any atom is -0.384 e. The van der Waals surface area contributed by atoms with E-state index in [2.05, 4.69) is 16.8 Å². The third-order valence-electron chi connectivity index (χ3n) is 5.45. The number of Topliss-reactive ketones (excluding diaryl/α,β-unsaturated/α-hetero) is 1. The van der Waals surface area contributed by atoms with E-state index in [1.54, 1.807) is 0 Å². The van der Waals surface area contributed by atoms with E-state index in [0.717, 1.165) is 37.3 Å². The van der Waals surface area contributed by atoms with Crippen LogP contribution in [-0.4, -0.2) is 59.5 Å². The minimum absolute atomic E-state index is 0.128. The zero-order chi connectivity index (χ0) is 18.7. The molecule has 1 unspecified atom stereocenters. The van der Waals surface area contributed by atoms with Gasteiger partial charge in [0.2, 0.25) is 0 Å². The maximum absolute atomic E-state index is 13.1. The van der Waals surface area contributed by atoms with Gasteiger partial charge in [-0.15, -0.1) is 0 Å². The van der Waals surface area contributed by atoms with E-state index in [9.17, 15) is 9.90 Å². The molecule has 0 saturated carbocycles. The van der Waals surface area contributed by atoms with Crippen LogP contribution in [0.2, 0.25) is 0 Å². The van der Waals surface area contributed by atoms with Gasteiger partial charge < -0.3 is 10.0 Å². The van der Waals surface area contributed by atoms with Crippen molar-refractivity contribution < 1.29 is 9.90 Å². The van der Waals surface area contributed by atoms with Gasteiger partial charge in [-0.3, -0.25) is 9.69 Å². The number of hydrogen-bond donors (Lipinski definition) is 1. The van der Waals surface area contributed by atoms with Crippen molar-refractivity contribution in [3.05, 3.63) is 71.3 Å². The normalized spacial score (nSPS) is 17.8. The topological polar surface area (TPSA) is 43.8 Å². The largest absolute Gasteiger partial charge is 0.384 e. The second kappa shape index (κ2) is 7.70. The van der Waals surface area contributed by atoms with Gasteiger partial charge in [0.15, 0.2) is 5.78 Å². The Balaban J connectivity index is 1.74. The van der Waals surface area contributed by atoms with Crippen LogP contribution < -0.4 is 0 Å². The highest BCUT2D eigenvalue weighted by molar-refractivity contribution is 6.02. The highest BCUT2D eigenvalue weighted by Gasteiger charge is 2.36. The van der Waals surface area contributed by atoms with Gasteiger partial charge in [-0.25, -0.2) is 0 Å². The molecule has 0 spiro atoms. The Bertz CT molecular complexity index is 732. The molecule has 3 rings (SSSR count).